The van der Waals surface area contributed by atoms with Crippen LogP contribution in [0.3, 0.4) is 0 Å². The Bertz CT molecular complexity index is 17.5. The Morgan fingerprint density at radius 2 is 2.50 bits per heavy atom. The van der Waals surface area contributed by atoms with Crippen molar-refractivity contribution in [3.8, 4) is 0 Å². The molecule has 0 bridgehead atoms. The second-order valence-electron chi connectivity index (χ2n) is 0.964. The topological polar surface area (TPSA) is 29.5 Å². The Hall–Kier alpha value is -0.0800. The van der Waals surface area contributed by atoms with E-state index in [0.717, 1.165) is 6.61 Å². The summed E-state index contributed by atoms with van der Waals surface area (Å²) >= 11 is 0. The number of aliphatic hydroxyl groups is 1. The average Bonchev–Trinajstić information content (AvgIpc) is 1.61. The molecule has 37 valence electrons. The molecular weight excluding hydrogens is 80.0 g/mol. The molecule has 0 aliphatic rings. The van der Waals surface area contributed by atoms with Crippen molar-refractivity contribution < 1.29 is 9.84 Å². The number of rotatable bonds is 3. The Labute approximate surface area is 37.7 Å². The maximum absolute atomic E-state index is 7.99. The summed E-state index contributed by atoms with van der Waals surface area (Å²) in [6.07, 6.45) is 0.622. The van der Waals surface area contributed by atoms with E-state index in [4.69, 9.17) is 5.11 Å². The fourth-order valence-electron chi connectivity index (χ4n) is 0.171. The first-order valence-corrected chi connectivity index (χ1v) is 1.86. The lowest BCUT2D eigenvalue weighted by Crippen LogP contribution is -1.86. The molecular formula is C4H9O2. The Balaban J connectivity index is 2.34. The molecule has 0 aromatic heterocycles. The van der Waals surface area contributed by atoms with Gasteiger partial charge in [-0.25, -0.2) is 0 Å². The van der Waals surface area contributed by atoms with E-state index in [1.165, 1.54) is 0 Å². The zero-order valence-electron chi connectivity index (χ0n) is 3.85. The van der Waals surface area contributed by atoms with Crippen molar-refractivity contribution in [3.05, 3.63) is 6.61 Å². The Morgan fingerprint density at radius 1 is 1.83 bits per heavy atom. The monoisotopic (exact) mass is 89.1 g/mol. The highest BCUT2D eigenvalue weighted by Crippen LogP contribution is 1.78. The highest BCUT2D eigenvalue weighted by Gasteiger charge is 1.76. The minimum atomic E-state index is 0.608. The van der Waals surface area contributed by atoms with Gasteiger partial charge in [0.2, 0.25) is 0 Å². The summed E-state index contributed by atoms with van der Waals surface area (Å²) in [4.78, 5) is 0. The highest BCUT2D eigenvalue weighted by atomic mass is 16.5. The normalized spacial score (nSPS) is 9.00. The molecule has 0 atom stereocenters. The molecule has 1 radical (unpaired) electrons. The predicted octanol–water partition coefficient (Wildman–Crippen LogP) is 0.557. The molecule has 0 aromatic rings. The smallest absolute Gasteiger partial charge is 0.0821 e. The second kappa shape index (κ2) is 4.92. The molecule has 0 unspecified atom stereocenters. The molecule has 0 amide bonds. The van der Waals surface area contributed by atoms with Crippen LogP contribution in [0.4, 0.5) is 0 Å². The average molecular weight is 89.1 g/mol. The molecule has 1 N–H and O–H groups in total. The van der Waals surface area contributed by atoms with Crippen molar-refractivity contribution in [2.75, 3.05) is 13.7 Å². The molecule has 0 aliphatic heterocycles. The molecule has 0 rings (SSSR count). The molecule has 0 aromatic carbocycles. The number of ether oxygens (including phenoxy) is 1. The third-order valence-electron chi connectivity index (χ3n) is 0.451. The maximum atomic E-state index is 7.99. The van der Waals surface area contributed by atoms with Crippen LogP contribution in [0.25, 0.3) is 0 Å². The van der Waals surface area contributed by atoms with Gasteiger partial charge in [-0.2, -0.15) is 0 Å². The number of methoxy groups -OCH3 is 1. The second-order valence-corrected chi connectivity index (χ2v) is 0.964. The van der Waals surface area contributed by atoms with E-state index >= 15 is 0 Å². The van der Waals surface area contributed by atoms with Crippen molar-refractivity contribution in [1.82, 2.24) is 0 Å². The zero-order chi connectivity index (χ0) is 4.83. The van der Waals surface area contributed by atoms with E-state index in [-0.39, 0.29) is 0 Å². The summed E-state index contributed by atoms with van der Waals surface area (Å²) in [5, 5.41) is 7.99. The van der Waals surface area contributed by atoms with Gasteiger partial charge in [-0.1, -0.05) is 0 Å². The molecule has 2 nitrogen and oxygen atoms in total. The molecule has 0 aliphatic carbocycles. The Kier molecular flexibility index (Phi) is 4.85. The fraction of sp³-hybridized carbons (Fsp3) is 0.750. The van der Waals surface area contributed by atoms with Crippen LogP contribution in [0.2, 0.25) is 0 Å². The predicted molar refractivity (Wildman–Crippen MR) is 22.7 cm³/mol. The maximum Gasteiger partial charge on any atom is 0.0821 e. The van der Waals surface area contributed by atoms with E-state index in [1.54, 1.807) is 7.11 Å². The van der Waals surface area contributed by atoms with Crippen LogP contribution >= 0.6 is 0 Å². The van der Waals surface area contributed by atoms with Crippen molar-refractivity contribution in [3.63, 3.8) is 0 Å². The highest BCUT2D eigenvalue weighted by molar-refractivity contribution is 4.41. The standard InChI is InChI=1S/C4H9O2/c1-6-4-2-3-5/h3,5H,2,4H2,1H3. The fourth-order valence-corrected chi connectivity index (χ4v) is 0.171. The van der Waals surface area contributed by atoms with Crippen LogP contribution in [0.5, 0.6) is 0 Å². The van der Waals surface area contributed by atoms with Crippen molar-refractivity contribution in [2.45, 2.75) is 6.42 Å². The van der Waals surface area contributed by atoms with Gasteiger partial charge < -0.3 is 9.84 Å². The van der Waals surface area contributed by atoms with Crippen molar-refractivity contribution in [2.24, 2.45) is 0 Å². The number of hydrogen-bond acceptors (Lipinski definition) is 2. The van der Waals surface area contributed by atoms with E-state index in [9.17, 15) is 0 Å². The van der Waals surface area contributed by atoms with Crippen molar-refractivity contribution in [1.29, 1.82) is 0 Å². The van der Waals surface area contributed by atoms with E-state index in [2.05, 4.69) is 4.74 Å². The summed E-state index contributed by atoms with van der Waals surface area (Å²) in [5.41, 5.74) is 0. The van der Waals surface area contributed by atoms with Gasteiger partial charge in [-0.05, 0) is 6.42 Å². The number of aliphatic hydroxyl groups excluding tert-OH is 1. The van der Waals surface area contributed by atoms with Gasteiger partial charge in [0, 0.05) is 13.7 Å². The van der Waals surface area contributed by atoms with Gasteiger partial charge >= 0.3 is 0 Å². The third kappa shape index (κ3) is 3.92. The van der Waals surface area contributed by atoms with Crippen LogP contribution in [-0.4, -0.2) is 18.8 Å². The lowest BCUT2D eigenvalue weighted by atomic mass is 10.5. The van der Waals surface area contributed by atoms with Crippen LogP contribution in [0.1, 0.15) is 6.42 Å². The molecule has 0 saturated carbocycles. The summed E-state index contributed by atoms with van der Waals surface area (Å²) in [7, 11) is 1.60. The van der Waals surface area contributed by atoms with Crippen LogP contribution in [0.15, 0.2) is 0 Å². The minimum absolute atomic E-state index is 0.608. The lowest BCUT2D eigenvalue weighted by molar-refractivity contribution is 0.186. The van der Waals surface area contributed by atoms with Crippen molar-refractivity contribution >= 4 is 0 Å². The van der Waals surface area contributed by atoms with Gasteiger partial charge in [-0.15, -0.1) is 0 Å². The van der Waals surface area contributed by atoms with E-state index in [1.807, 2.05) is 0 Å². The number of hydrogen-bond donors (Lipinski definition) is 1. The molecule has 0 heterocycles. The molecule has 6 heavy (non-hydrogen) atoms. The summed E-state index contributed by atoms with van der Waals surface area (Å²) in [5.74, 6) is 0. The first-order valence-electron chi connectivity index (χ1n) is 1.86. The summed E-state index contributed by atoms with van der Waals surface area (Å²) < 4.78 is 4.59. The lowest BCUT2D eigenvalue weighted by Gasteiger charge is -1.88. The molecule has 0 spiro atoms. The van der Waals surface area contributed by atoms with Gasteiger partial charge in [-0.3, -0.25) is 0 Å². The molecule has 0 saturated heterocycles. The van der Waals surface area contributed by atoms with E-state index < -0.39 is 0 Å². The summed E-state index contributed by atoms with van der Waals surface area (Å²) in [6.45, 7) is 1.69. The molecule has 2 heteroatoms. The Morgan fingerprint density at radius 3 is 2.67 bits per heavy atom. The summed E-state index contributed by atoms with van der Waals surface area (Å²) in [6, 6.07) is 0. The third-order valence-corrected chi connectivity index (χ3v) is 0.451. The van der Waals surface area contributed by atoms with Gasteiger partial charge in [0.05, 0.1) is 6.61 Å². The minimum Gasteiger partial charge on any atom is -0.390 e. The quantitative estimate of drug-likeness (QED) is 0.512. The van der Waals surface area contributed by atoms with Crippen LogP contribution < -0.4 is 0 Å². The van der Waals surface area contributed by atoms with Gasteiger partial charge in [0.1, 0.15) is 0 Å². The van der Waals surface area contributed by atoms with Crippen LogP contribution in [-0.2, 0) is 4.74 Å². The van der Waals surface area contributed by atoms with Gasteiger partial charge in [0.25, 0.3) is 0 Å². The first kappa shape index (κ1) is 5.92. The zero-order valence-corrected chi connectivity index (χ0v) is 3.85. The van der Waals surface area contributed by atoms with Gasteiger partial charge in [0.15, 0.2) is 0 Å². The SMILES string of the molecule is COCC[CH]O. The molecule has 0 fully saturated rings. The first-order chi connectivity index (χ1) is 2.91. The van der Waals surface area contributed by atoms with E-state index in [0.29, 0.717) is 13.0 Å². The van der Waals surface area contributed by atoms with Crippen LogP contribution in [0, 0.1) is 6.61 Å². The largest absolute Gasteiger partial charge is 0.390 e.